The topological polar surface area (TPSA) is 43.1 Å². The second-order valence-corrected chi connectivity index (χ2v) is 4.99. The lowest BCUT2D eigenvalue weighted by molar-refractivity contribution is -0.120. The van der Waals surface area contributed by atoms with Crippen LogP contribution in [0.5, 0.6) is 0 Å². The van der Waals surface area contributed by atoms with Crippen LogP contribution in [0.2, 0.25) is 10.0 Å². The molecule has 0 aliphatic carbocycles. The molecule has 0 spiro atoms. The molecule has 88 valence electrons. The lowest BCUT2D eigenvalue weighted by Crippen LogP contribution is -2.36. The number of ketones is 1. The Balaban J connectivity index is 2.80. The van der Waals surface area contributed by atoms with Gasteiger partial charge < -0.3 is 5.73 Å². The normalized spacial score (nSPS) is 12.9. The van der Waals surface area contributed by atoms with Crippen LogP contribution in [0.1, 0.15) is 19.4 Å². The van der Waals surface area contributed by atoms with Crippen molar-refractivity contribution in [1.29, 1.82) is 0 Å². The van der Waals surface area contributed by atoms with Crippen LogP contribution in [-0.4, -0.2) is 11.8 Å². The maximum atomic E-state index is 11.8. The fourth-order valence-electron chi connectivity index (χ4n) is 1.36. The van der Waals surface area contributed by atoms with E-state index < -0.39 is 6.04 Å². The van der Waals surface area contributed by atoms with Crippen molar-refractivity contribution in [2.45, 2.75) is 26.3 Å². The minimum Gasteiger partial charge on any atom is -0.321 e. The van der Waals surface area contributed by atoms with Gasteiger partial charge in [-0.1, -0.05) is 37.0 Å². The SMILES string of the molecule is CC(C)C(N)C(=O)Cc1cc(Cl)ccc1Cl. The van der Waals surface area contributed by atoms with Gasteiger partial charge in [0.2, 0.25) is 0 Å². The summed E-state index contributed by atoms with van der Waals surface area (Å²) in [4.78, 5) is 11.8. The van der Waals surface area contributed by atoms with Crippen LogP contribution in [-0.2, 0) is 11.2 Å². The van der Waals surface area contributed by atoms with Crippen LogP contribution < -0.4 is 5.73 Å². The summed E-state index contributed by atoms with van der Waals surface area (Å²) in [5, 5.41) is 1.12. The molecule has 2 N–H and O–H groups in total. The molecule has 1 unspecified atom stereocenters. The van der Waals surface area contributed by atoms with Crippen molar-refractivity contribution in [3.8, 4) is 0 Å². The predicted octanol–water partition coefficient (Wildman–Crippen LogP) is 3.09. The summed E-state index contributed by atoms with van der Waals surface area (Å²) in [6.07, 6.45) is 0.235. The molecule has 0 amide bonds. The smallest absolute Gasteiger partial charge is 0.154 e. The maximum Gasteiger partial charge on any atom is 0.154 e. The second-order valence-electron chi connectivity index (χ2n) is 4.15. The van der Waals surface area contributed by atoms with Gasteiger partial charge in [0, 0.05) is 16.5 Å². The van der Waals surface area contributed by atoms with E-state index in [0.717, 1.165) is 5.56 Å². The number of carbonyl (C=O) groups excluding carboxylic acids is 1. The lowest BCUT2D eigenvalue weighted by Gasteiger charge is -2.14. The molecule has 0 fully saturated rings. The number of hydrogen-bond acceptors (Lipinski definition) is 2. The largest absolute Gasteiger partial charge is 0.321 e. The third-order valence-corrected chi connectivity index (χ3v) is 3.07. The number of benzene rings is 1. The Bertz CT molecular complexity index is 391. The number of halogens is 2. The van der Waals surface area contributed by atoms with E-state index in [9.17, 15) is 4.79 Å². The fourth-order valence-corrected chi connectivity index (χ4v) is 1.74. The summed E-state index contributed by atoms with van der Waals surface area (Å²) in [6.45, 7) is 3.84. The molecule has 0 aliphatic heterocycles. The van der Waals surface area contributed by atoms with E-state index in [4.69, 9.17) is 28.9 Å². The minimum atomic E-state index is -0.449. The average Bonchev–Trinajstić information content (AvgIpc) is 2.22. The molecule has 1 rings (SSSR count). The molecule has 1 aromatic carbocycles. The molecule has 0 saturated carbocycles. The summed E-state index contributed by atoms with van der Waals surface area (Å²) in [7, 11) is 0. The van der Waals surface area contributed by atoms with Crippen LogP contribution in [0.3, 0.4) is 0 Å². The van der Waals surface area contributed by atoms with Gasteiger partial charge in [-0.25, -0.2) is 0 Å². The molecule has 0 bridgehead atoms. The number of carbonyl (C=O) groups is 1. The molecular weight excluding hydrogens is 245 g/mol. The molecule has 0 saturated heterocycles. The highest BCUT2D eigenvalue weighted by Gasteiger charge is 2.18. The van der Waals surface area contributed by atoms with E-state index in [0.29, 0.717) is 10.0 Å². The van der Waals surface area contributed by atoms with Gasteiger partial charge in [0.25, 0.3) is 0 Å². The van der Waals surface area contributed by atoms with E-state index in [1.54, 1.807) is 18.2 Å². The summed E-state index contributed by atoms with van der Waals surface area (Å²) in [5.74, 6) is 0.115. The maximum absolute atomic E-state index is 11.8. The van der Waals surface area contributed by atoms with Crippen molar-refractivity contribution in [1.82, 2.24) is 0 Å². The quantitative estimate of drug-likeness (QED) is 0.903. The van der Waals surface area contributed by atoms with Gasteiger partial charge in [-0.05, 0) is 29.7 Å². The molecule has 0 heterocycles. The van der Waals surface area contributed by atoms with Crippen LogP contribution in [0, 0.1) is 5.92 Å². The van der Waals surface area contributed by atoms with E-state index in [1.165, 1.54) is 0 Å². The van der Waals surface area contributed by atoms with Crippen molar-refractivity contribution >= 4 is 29.0 Å². The number of hydrogen-bond donors (Lipinski definition) is 1. The predicted molar refractivity (Wildman–Crippen MR) is 68.0 cm³/mol. The van der Waals surface area contributed by atoms with Crippen LogP contribution >= 0.6 is 23.2 Å². The minimum absolute atomic E-state index is 0.0147. The first-order chi connectivity index (χ1) is 7.41. The molecule has 0 aliphatic rings. The Morgan fingerprint density at radius 1 is 1.38 bits per heavy atom. The second kappa shape index (κ2) is 5.67. The van der Waals surface area contributed by atoms with Crippen molar-refractivity contribution in [2.24, 2.45) is 11.7 Å². The van der Waals surface area contributed by atoms with E-state index in [-0.39, 0.29) is 18.1 Å². The molecule has 1 aromatic rings. The molecule has 0 radical (unpaired) electrons. The summed E-state index contributed by atoms with van der Waals surface area (Å²) >= 11 is 11.8. The van der Waals surface area contributed by atoms with Gasteiger partial charge in [0.1, 0.15) is 0 Å². The Morgan fingerprint density at radius 3 is 2.56 bits per heavy atom. The van der Waals surface area contributed by atoms with Crippen molar-refractivity contribution in [3.05, 3.63) is 33.8 Å². The van der Waals surface area contributed by atoms with Crippen molar-refractivity contribution in [3.63, 3.8) is 0 Å². The van der Waals surface area contributed by atoms with Gasteiger partial charge in [0.15, 0.2) is 5.78 Å². The Hall–Kier alpha value is -0.570. The van der Waals surface area contributed by atoms with Crippen LogP contribution in [0.4, 0.5) is 0 Å². The first-order valence-electron chi connectivity index (χ1n) is 5.14. The Morgan fingerprint density at radius 2 is 2.00 bits per heavy atom. The zero-order valence-corrected chi connectivity index (χ0v) is 10.8. The number of nitrogens with two attached hydrogens (primary N) is 1. The average molecular weight is 260 g/mol. The highest BCUT2D eigenvalue weighted by Crippen LogP contribution is 2.21. The van der Waals surface area contributed by atoms with E-state index in [1.807, 2.05) is 13.8 Å². The third-order valence-electron chi connectivity index (χ3n) is 2.46. The number of rotatable bonds is 4. The van der Waals surface area contributed by atoms with Crippen LogP contribution in [0.15, 0.2) is 18.2 Å². The highest BCUT2D eigenvalue weighted by molar-refractivity contribution is 6.33. The van der Waals surface area contributed by atoms with Crippen molar-refractivity contribution < 1.29 is 4.79 Å². The summed E-state index contributed by atoms with van der Waals surface area (Å²) < 4.78 is 0. The molecule has 4 heteroatoms. The van der Waals surface area contributed by atoms with E-state index >= 15 is 0 Å². The van der Waals surface area contributed by atoms with Crippen LogP contribution in [0.25, 0.3) is 0 Å². The zero-order valence-electron chi connectivity index (χ0n) is 9.34. The van der Waals surface area contributed by atoms with Gasteiger partial charge in [-0.2, -0.15) is 0 Å². The standard InChI is InChI=1S/C12H15Cl2NO/c1-7(2)12(15)11(16)6-8-5-9(13)3-4-10(8)14/h3-5,7,12H,6,15H2,1-2H3. The first kappa shape index (κ1) is 13.5. The summed E-state index contributed by atoms with van der Waals surface area (Å²) in [6, 6.07) is 4.64. The molecule has 2 nitrogen and oxygen atoms in total. The van der Waals surface area contributed by atoms with Gasteiger partial charge in [-0.15, -0.1) is 0 Å². The monoisotopic (exact) mass is 259 g/mol. The molecule has 0 aromatic heterocycles. The zero-order chi connectivity index (χ0) is 12.3. The molecule has 1 atom stereocenters. The lowest BCUT2D eigenvalue weighted by atomic mass is 9.96. The summed E-state index contributed by atoms with van der Waals surface area (Å²) in [5.41, 5.74) is 6.50. The van der Waals surface area contributed by atoms with E-state index in [2.05, 4.69) is 0 Å². The fraction of sp³-hybridized carbons (Fsp3) is 0.417. The Labute approximate surface area is 106 Å². The Kier molecular flexibility index (Phi) is 4.78. The molecular formula is C12H15Cl2NO. The molecule has 16 heavy (non-hydrogen) atoms. The highest BCUT2D eigenvalue weighted by atomic mass is 35.5. The van der Waals surface area contributed by atoms with Gasteiger partial charge in [-0.3, -0.25) is 4.79 Å². The third kappa shape index (κ3) is 3.48. The van der Waals surface area contributed by atoms with Crippen molar-refractivity contribution in [2.75, 3.05) is 0 Å². The van der Waals surface area contributed by atoms with Gasteiger partial charge in [0.05, 0.1) is 6.04 Å². The van der Waals surface area contributed by atoms with Gasteiger partial charge >= 0.3 is 0 Å². The first-order valence-corrected chi connectivity index (χ1v) is 5.89. The number of Topliss-reactive ketones (excluding diaryl/α,β-unsaturated/α-hetero) is 1.